The van der Waals surface area contributed by atoms with E-state index in [1.54, 1.807) is 6.92 Å². The van der Waals surface area contributed by atoms with Crippen LogP contribution < -0.4 is 5.32 Å². The summed E-state index contributed by atoms with van der Waals surface area (Å²) < 4.78 is 0. The van der Waals surface area contributed by atoms with Gasteiger partial charge in [-0.25, -0.2) is 0 Å². The number of aliphatic carboxylic acids is 1. The predicted octanol–water partition coefficient (Wildman–Crippen LogP) is 7.33. The fraction of sp³-hybridized carbons (Fsp3) is 0.387. The highest BCUT2D eigenvalue weighted by Crippen LogP contribution is 2.44. The molecule has 1 amide bonds. The van der Waals surface area contributed by atoms with Crippen LogP contribution >= 0.6 is 23.2 Å². The fourth-order valence-electron chi connectivity index (χ4n) is 5.81. The molecule has 2 heterocycles. The summed E-state index contributed by atoms with van der Waals surface area (Å²) in [6.07, 6.45) is 4.07. The van der Waals surface area contributed by atoms with E-state index in [1.165, 1.54) is 12.8 Å². The SMILES string of the molecule is C[C@@]1(CC(=O)O)C[C@H](c2cccc(Cl)c2)[C@H](CC[C@H](c2ccc(Cl)cc2)c2cccc(C3CC3)n2)NC1=O. The molecule has 2 aromatic carbocycles. The van der Waals surface area contributed by atoms with Crippen molar-refractivity contribution in [3.8, 4) is 0 Å². The highest BCUT2D eigenvalue weighted by atomic mass is 35.5. The molecule has 5 nitrogen and oxygen atoms in total. The highest BCUT2D eigenvalue weighted by molar-refractivity contribution is 6.30. The number of nitrogens with zero attached hydrogens (tertiary/aromatic N) is 1. The predicted molar refractivity (Wildman–Crippen MR) is 150 cm³/mol. The number of pyridine rings is 1. The van der Waals surface area contributed by atoms with Crippen LogP contribution in [0.2, 0.25) is 10.0 Å². The first-order chi connectivity index (χ1) is 18.2. The van der Waals surface area contributed by atoms with Crippen molar-refractivity contribution in [3.63, 3.8) is 0 Å². The number of halogens is 2. The van der Waals surface area contributed by atoms with Crippen LogP contribution in [0.3, 0.4) is 0 Å². The van der Waals surface area contributed by atoms with Crippen LogP contribution in [0.4, 0.5) is 0 Å². The van der Waals surface area contributed by atoms with E-state index >= 15 is 0 Å². The van der Waals surface area contributed by atoms with Crippen LogP contribution in [0.25, 0.3) is 0 Å². The number of carbonyl (C=O) groups is 2. The number of rotatable bonds is 9. The van der Waals surface area contributed by atoms with Gasteiger partial charge in [-0.15, -0.1) is 0 Å². The van der Waals surface area contributed by atoms with Gasteiger partial charge in [0.15, 0.2) is 0 Å². The third kappa shape index (κ3) is 6.05. The molecule has 0 unspecified atom stereocenters. The van der Waals surface area contributed by atoms with E-state index in [1.807, 2.05) is 36.4 Å². The summed E-state index contributed by atoms with van der Waals surface area (Å²) in [6, 6.07) is 21.7. The van der Waals surface area contributed by atoms with Crippen LogP contribution in [0.15, 0.2) is 66.7 Å². The molecule has 1 saturated heterocycles. The first-order valence-electron chi connectivity index (χ1n) is 13.2. The Bertz CT molecular complexity index is 1320. The number of carboxylic acid groups (broad SMARTS) is 1. The van der Waals surface area contributed by atoms with Gasteiger partial charge >= 0.3 is 5.97 Å². The molecule has 0 spiro atoms. The lowest BCUT2D eigenvalue weighted by atomic mass is 9.68. The summed E-state index contributed by atoms with van der Waals surface area (Å²) in [5.74, 6) is -0.657. The minimum absolute atomic E-state index is 0.0372. The molecule has 0 bridgehead atoms. The molecule has 7 heteroatoms. The van der Waals surface area contributed by atoms with E-state index < -0.39 is 11.4 Å². The van der Waals surface area contributed by atoms with Gasteiger partial charge in [0, 0.05) is 45.2 Å². The number of hydrogen-bond acceptors (Lipinski definition) is 3. The molecular weight excluding hydrogens is 519 g/mol. The maximum atomic E-state index is 13.2. The van der Waals surface area contributed by atoms with Crippen LogP contribution in [-0.2, 0) is 9.59 Å². The lowest BCUT2D eigenvalue weighted by Crippen LogP contribution is -2.54. The van der Waals surface area contributed by atoms with Crippen LogP contribution in [-0.4, -0.2) is 28.0 Å². The van der Waals surface area contributed by atoms with Crippen LogP contribution in [0, 0.1) is 5.41 Å². The molecule has 4 atom stereocenters. The number of piperidine rings is 1. The molecule has 1 aliphatic carbocycles. The van der Waals surface area contributed by atoms with Crippen molar-refractivity contribution in [1.82, 2.24) is 10.3 Å². The molecule has 2 N–H and O–H groups in total. The average Bonchev–Trinajstić information content (AvgIpc) is 3.73. The quantitative estimate of drug-likeness (QED) is 0.292. The summed E-state index contributed by atoms with van der Waals surface area (Å²) in [4.78, 5) is 29.9. The van der Waals surface area contributed by atoms with E-state index in [0.29, 0.717) is 28.8 Å². The summed E-state index contributed by atoms with van der Waals surface area (Å²) >= 11 is 12.5. The van der Waals surface area contributed by atoms with Crippen molar-refractivity contribution in [2.75, 3.05) is 0 Å². The smallest absolute Gasteiger partial charge is 0.304 e. The Hall–Kier alpha value is -2.89. The van der Waals surface area contributed by atoms with Crippen molar-refractivity contribution in [2.24, 2.45) is 5.41 Å². The number of hydrogen-bond donors (Lipinski definition) is 2. The van der Waals surface area contributed by atoms with E-state index in [4.69, 9.17) is 28.2 Å². The second kappa shape index (κ2) is 11.1. The van der Waals surface area contributed by atoms with Crippen LogP contribution in [0.5, 0.6) is 0 Å². The van der Waals surface area contributed by atoms with Gasteiger partial charge < -0.3 is 10.4 Å². The van der Waals surface area contributed by atoms with E-state index in [9.17, 15) is 14.7 Å². The first-order valence-corrected chi connectivity index (χ1v) is 14.0. The maximum Gasteiger partial charge on any atom is 0.304 e. The maximum absolute atomic E-state index is 13.2. The topological polar surface area (TPSA) is 79.3 Å². The minimum Gasteiger partial charge on any atom is -0.481 e. The zero-order valence-corrected chi connectivity index (χ0v) is 22.9. The number of nitrogens with one attached hydrogen (secondary N) is 1. The number of carboxylic acids is 1. The molecule has 1 saturated carbocycles. The monoisotopic (exact) mass is 550 g/mol. The number of amides is 1. The molecular formula is C31H32Cl2N2O3. The lowest BCUT2D eigenvalue weighted by molar-refractivity contribution is -0.147. The molecule has 198 valence electrons. The van der Waals surface area contributed by atoms with Gasteiger partial charge in [-0.3, -0.25) is 14.6 Å². The highest BCUT2D eigenvalue weighted by Gasteiger charge is 2.45. The van der Waals surface area contributed by atoms with Gasteiger partial charge in [-0.05, 0) is 79.6 Å². The normalized spacial score (nSPS) is 24.0. The Morgan fingerprint density at radius 3 is 2.50 bits per heavy atom. The Morgan fingerprint density at radius 2 is 1.82 bits per heavy atom. The van der Waals surface area contributed by atoms with Gasteiger partial charge in [0.05, 0.1) is 11.8 Å². The van der Waals surface area contributed by atoms with Gasteiger partial charge in [0.2, 0.25) is 5.91 Å². The number of carbonyl (C=O) groups excluding carboxylic acids is 1. The second-order valence-corrected chi connectivity index (χ2v) is 11.9. The fourth-order valence-corrected chi connectivity index (χ4v) is 6.13. The molecule has 1 aliphatic heterocycles. The van der Waals surface area contributed by atoms with Crippen molar-refractivity contribution in [3.05, 3.63) is 99.3 Å². The second-order valence-electron chi connectivity index (χ2n) is 11.0. The Kier molecular flexibility index (Phi) is 7.78. The van der Waals surface area contributed by atoms with E-state index in [2.05, 4.69) is 35.6 Å². The van der Waals surface area contributed by atoms with Gasteiger partial charge in [-0.1, -0.05) is 60.5 Å². The summed E-state index contributed by atoms with van der Waals surface area (Å²) in [7, 11) is 0. The molecule has 1 aromatic heterocycles. The molecule has 2 fully saturated rings. The zero-order chi connectivity index (χ0) is 26.9. The van der Waals surface area contributed by atoms with Crippen molar-refractivity contribution in [2.45, 2.75) is 69.2 Å². The van der Waals surface area contributed by atoms with Gasteiger partial charge in [0.25, 0.3) is 0 Å². The zero-order valence-electron chi connectivity index (χ0n) is 21.4. The molecule has 3 aromatic rings. The number of aromatic nitrogens is 1. The molecule has 5 rings (SSSR count). The lowest BCUT2D eigenvalue weighted by Gasteiger charge is -2.42. The Morgan fingerprint density at radius 1 is 1.08 bits per heavy atom. The van der Waals surface area contributed by atoms with Gasteiger partial charge in [0.1, 0.15) is 0 Å². The largest absolute Gasteiger partial charge is 0.481 e. The minimum atomic E-state index is -0.995. The van der Waals surface area contributed by atoms with Crippen molar-refractivity contribution < 1.29 is 14.7 Å². The standard InChI is InChI=1S/C31H32Cl2N2O3/c1-31(18-29(36)37)17-25(21-4-2-5-23(33)16-21)28(35-30(31)38)15-14-24(19-10-12-22(32)13-11-19)27-7-3-6-26(34-27)20-8-9-20/h2-7,10-13,16,20,24-25,28H,8-9,14-15,17-18H2,1H3,(H,35,38)(H,36,37)/t24-,25-,28+,31+/m1/s1. The Balaban J connectivity index is 1.44. The average molecular weight is 552 g/mol. The third-order valence-corrected chi connectivity index (χ3v) is 8.51. The molecule has 38 heavy (non-hydrogen) atoms. The first kappa shape index (κ1) is 26.7. The van der Waals surface area contributed by atoms with E-state index in [0.717, 1.165) is 28.9 Å². The van der Waals surface area contributed by atoms with E-state index in [-0.39, 0.29) is 30.2 Å². The van der Waals surface area contributed by atoms with Crippen molar-refractivity contribution >= 4 is 35.1 Å². The summed E-state index contributed by atoms with van der Waals surface area (Å²) in [5, 5.41) is 14.0. The third-order valence-electron chi connectivity index (χ3n) is 8.02. The number of benzene rings is 2. The molecule has 2 aliphatic rings. The van der Waals surface area contributed by atoms with Crippen LogP contribution in [0.1, 0.15) is 85.7 Å². The Labute approximate surface area is 233 Å². The van der Waals surface area contributed by atoms with Crippen molar-refractivity contribution in [1.29, 1.82) is 0 Å². The molecule has 0 radical (unpaired) electrons. The summed E-state index contributed by atoms with van der Waals surface area (Å²) in [6.45, 7) is 1.74. The summed E-state index contributed by atoms with van der Waals surface area (Å²) in [5.41, 5.74) is 3.32. The van der Waals surface area contributed by atoms with Gasteiger partial charge in [-0.2, -0.15) is 0 Å².